The van der Waals surface area contributed by atoms with E-state index in [2.05, 4.69) is 11.0 Å². The second kappa shape index (κ2) is 13.1. The van der Waals surface area contributed by atoms with E-state index in [1.165, 1.54) is 21.1 Å². The zero-order valence-corrected chi connectivity index (χ0v) is 34.2. The van der Waals surface area contributed by atoms with Crippen molar-refractivity contribution in [2.75, 3.05) is 59.5 Å². The van der Waals surface area contributed by atoms with Crippen molar-refractivity contribution in [2.24, 2.45) is 16.3 Å². The highest BCUT2D eigenvalue weighted by Crippen LogP contribution is 2.68. The number of carbonyl (C=O) groups is 3. The van der Waals surface area contributed by atoms with Gasteiger partial charge in [-0.05, 0) is 55.5 Å². The van der Waals surface area contributed by atoms with Gasteiger partial charge >= 0.3 is 17.9 Å². The summed E-state index contributed by atoms with van der Waals surface area (Å²) >= 11 is 0. The molecule has 7 aliphatic rings. The Labute approximate surface area is 338 Å². The number of carbonyl (C=O) groups excluding carboxylic acids is 3. The van der Waals surface area contributed by atoms with E-state index in [0.717, 1.165) is 16.7 Å². The average Bonchev–Trinajstić information content (AvgIpc) is 3.86. The molecule has 1 spiro atoms. The van der Waals surface area contributed by atoms with Gasteiger partial charge in [0.1, 0.15) is 23.9 Å². The maximum atomic E-state index is 15.1. The molecule has 1 aliphatic carbocycles. The van der Waals surface area contributed by atoms with Gasteiger partial charge in [-0.2, -0.15) is 0 Å². The molecule has 306 valence electrons. The molecule has 0 aromatic heterocycles. The molecule has 1 saturated heterocycles. The fraction of sp³-hybridized carbons (Fsp3) is 0.511. The van der Waals surface area contributed by atoms with Gasteiger partial charge in [-0.1, -0.05) is 50.3 Å². The number of methoxy groups -OCH3 is 3. The van der Waals surface area contributed by atoms with Crippen LogP contribution in [0.15, 0.2) is 71.4 Å². The van der Waals surface area contributed by atoms with Gasteiger partial charge < -0.3 is 38.8 Å². The number of hydrogen-bond donors (Lipinski definition) is 1. The molecule has 9 rings (SSSR count). The summed E-state index contributed by atoms with van der Waals surface area (Å²) in [5, 5.41) is 28.0. The molecular formula is C45H52N4O9. The number of rotatable bonds is 7. The van der Waals surface area contributed by atoms with Crippen LogP contribution in [0.25, 0.3) is 5.57 Å². The Balaban J connectivity index is 1.36. The summed E-state index contributed by atoms with van der Waals surface area (Å²) in [4.78, 5) is 52.0. The fourth-order valence-electron chi connectivity index (χ4n) is 12.8. The van der Waals surface area contributed by atoms with Crippen molar-refractivity contribution in [3.8, 4) is 5.75 Å². The minimum atomic E-state index is -2.32. The Hall–Kier alpha value is -4.82. The number of ether oxygens (including phenoxy) is 4. The summed E-state index contributed by atoms with van der Waals surface area (Å²) in [6.07, 6.45) is 8.56. The van der Waals surface area contributed by atoms with E-state index in [1.54, 1.807) is 13.3 Å². The number of para-hydroxylation sites is 1. The number of quaternary nitrogens is 1. The highest BCUT2D eigenvalue weighted by atomic mass is 16.6. The molecule has 9 atom stereocenters. The molecule has 6 heterocycles. The molecule has 13 heteroatoms. The predicted molar refractivity (Wildman–Crippen MR) is 216 cm³/mol. The van der Waals surface area contributed by atoms with E-state index in [1.807, 2.05) is 74.3 Å². The van der Waals surface area contributed by atoms with Crippen molar-refractivity contribution in [1.82, 2.24) is 4.90 Å². The topological polar surface area (TPSA) is 150 Å². The predicted octanol–water partition coefficient (Wildman–Crippen LogP) is 4.86. The van der Waals surface area contributed by atoms with E-state index >= 15 is 4.79 Å². The van der Waals surface area contributed by atoms with E-state index in [-0.39, 0.29) is 24.9 Å². The lowest BCUT2D eigenvalue weighted by molar-refractivity contribution is -0.829. The third kappa shape index (κ3) is 4.78. The first kappa shape index (κ1) is 38.7. The van der Waals surface area contributed by atoms with Gasteiger partial charge in [0.05, 0.1) is 50.9 Å². The number of aliphatic imine (C=N–C) groups is 1. The third-order valence-corrected chi connectivity index (χ3v) is 14.7. The number of benzene rings is 2. The number of fused-ring (bicyclic) bond motifs is 6. The van der Waals surface area contributed by atoms with Crippen molar-refractivity contribution in [1.29, 1.82) is 0 Å². The fourth-order valence-corrected chi connectivity index (χ4v) is 12.8. The van der Waals surface area contributed by atoms with E-state index in [9.17, 15) is 19.9 Å². The molecule has 1 saturated carbocycles. The summed E-state index contributed by atoms with van der Waals surface area (Å²) in [6, 6.07) is 10.3. The largest absolute Gasteiger partial charge is 0.627 e. The molecule has 0 radical (unpaired) electrons. The quantitative estimate of drug-likeness (QED) is 0.135. The van der Waals surface area contributed by atoms with Gasteiger partial charge in [0.2, 0.25) is 5.60 Å². The third-order valence-electron chi connectivity index (χ3n) is 14.7. The van der Waals surface area contributed by atoms with Gasteiger partial charge in [-0.15, -0.1) is 0 Å². The molecule has 2 aromatic carbocycles. The maximum Gasteiger partial charge on any atom is 0.344 e. The van der Waals surface area contributed by atoms with Crippen molar-refractivity contribution in [3.05, 3.63) is 88.3 Å². The van der Waals surface area contributed by atoms with Gasteiger partial charge in [0, 0.05) is 66.2 Å². The lowest BCUT2D eigenvalue weighted by atomic mass is 9.47. The number of allylic oxidation sites excluding steroid dienone is 1. The number of likely N-dealkylation sites (N-methyl/N-ethyl adjacent to an activating group) is 1. The molecule has 58 heavy (non-hydrogen) atoms. The van der Waals surface area contributed by atoms with Crippen LogP contribution in [0.1, 0.15) is 63.1 Å². The van der Waals surface area contributed by atoms with Gasteiger partial charge in [0.25, 0.3) is 0 Å². The van der Waals surface area contributed by atoms with Crippen LogP contribution in [0, 0.1) is 16.5 Å². The lowest BCUT2D eigenvalue weighted by Gasteiger charge is -2.63. The highest BCUT2D eigenvalue weighted by molar-refractivity contribution is 6.38. The molecule has 1 N–H and O–H groups in total. The van der Waals surface area contributed by atoms with Crippen molar-refractivity contribution < 1.29 is 43.1 Å². The minimum absolute atomic E-state index is 0.189. The number of hydrogen-bond acceptors (Lipinski definition) is 12. The van der Waals surface area contributed by atoms with Crippen molar-refractivity contribution in [2.45, 2.75) is 81.1 Å². The smallest absolute Gasteiger partial charge is 0.344 e. The zero-order chi connectivity index (χ0) is 41.2. The average molecular weight is 793 g/mol. The Morgan fingerprint density at radius 3 is 2.50 bits per heavy atom. The molecule has 6 aliphatic heterocycles. The van der Waals surface area contributed by atoms with Crippen LogP contribution >= 0.6 is 0 Å². The second-order valence-corrected chi connectivity index (χ2v) is 17.3. The standard InChI is InChI=1S/C45H52N4O9/c1-8-27-19-28-22-44(40(51)56-6,36-30(25-49(54,23-27)24-28)29-13-10-11-14-33(29)46-36)32-20-31-34(21-35(32)55-5)47(4)38-43(31)16-18-48-17-12-15-42(9-2,37(43)48)39(58-26(3)50)45(38,53)41(52)57-7/h10-15,19-21,25,28,37-39,53H,8-9,16-18,22-24H2,1-7H3/t28?,37-,38+,39+,42+,43+,44+,45-,49+/m0/s1. The molecule has 0 amide bonds. The SMILES string of the molecule is CCC1=CC2C[C@@](C(=O)OC)(c3cc4c(cc3OC)N(C)[C@H]3[C@@](O)(C(=O)OC)[C@H](OC(C)=O)[C@]5(CC)C=CCN6CC[C@]43[C@@H]65)C3=Nc4ccccc4C3=C[N@@+]([O-])(C1)C2. The van der Waals surface area contributed by atoms with Crippen LogP contribution in [0.4, 0.5) is 11.4 Å². The maximum absolute atomic E-state index is 15.1. The van der Waals surface area contributed by atoms with Crippen LogP contribution in [0.5, 0.6) is 5.75 Å². The summed E-state index contributed by atoms with van der Waals surface area (Å²) in [6.45, 7) is 7.15. The van der Waals surface area contributed by atoms with E-state index in [0.29, 0.717) is 72.9 Å². The Bertz CT molecular complexity index is 2270. The highest BCUT2D eigenvalue weighted by Gasteiger charge is 2.80. The van der Waals surface area contributed by atoms with Crippen LogP contribution in [0.2, 0.25) is 0 Å². The first-order valence-electron chi connectivity index (χ1n) is 20.4. The molecule has 2 bridgehead atoms. The number of hydroxylamine groups is 3. The van der Waals surface area contributed by atoms with E-state index < -0.39 is 56.5 Å². The Morgan fingerprint density at radius 1 is 1.05 bits per heavy atom. The summed E-state index contributed by atoms with van der Waals surface area (Å²) in [5.74, 6) is -1.98. The summed E-state index contributed by atoms with van der Waals surface area (Å²) < 4.78 is 23.1. The van der Waals surface area contributed by atoms with Crippen LogP contribution in [0.3, 0.4) is 0 Å². The van der Waals surface area contributed by atoms with Gasteiger partial charge in [0.15, 0.2) is 6.10 Å². The molecular weight excluding hydrogens is 741 g/mol. The van der Waals surface area contributed by atoms with Gasteiger partial charge in [-0.25, -0.2) is 4.79 Å². The Kier molecular flexibility index (Phi) is 8.73. The molecule has 2 fully saturated rings. The van der Waals surface area contributed by atoms with Gasteiger partial charge in [-0.3, -0.25) is 19.5 Å². The first-order valence-corrected chi connectivity index (χ1v) is 20.4. The van der Waals surface area contributed by atoms with Crippen molar-refractivity contribution in [3.63, 3.8) is 0 Å². The Morgan fingerprint density at radius 2 is 1.81 bits per heavy atom. The van der Waals surface area contributed by atoms with Crippen LogP contribution in [-0.2, 0) is 39.4 Å². The monoisotopic (exact) mass is 792 g/mol. The number of aliphatic hydroxyl groups is 1. The minimum Gasteiger partial charge on any atom is -0.627 e. The summed E-state index contributed by atoms with van der Waals surface area (Å²) in [7, 11) is 6.02. The molecule has 2 aromatic rings. The zero-order valence-electron chi connectivity index (χ0n) is 34.2. The van der Waals surface area contributed by atoms with Crippen LogP contribution < -0.4 is 9.64 Å². The van der Waals surface area contributed by atoms with Crippen molar-refractivity contribution >= 4 is 40.6 Å². The number of nitrogens with zero attached hydrogens (tertiary/aromatic N) is 4. The number of anilines is 1. The first-order chi connectivity index (χ1) is 27.7. The molecule has 1 unspecified atom stereocenters. The van der Waals surface area contributed by atoms with Crippen LogP contribution in [-0.4, -0.2) is 117 Å². The second-order valence-electron chi connectivity index (χ2n) is 17.3. The van der Waals surface area contributed by atoms with E-state index in [4.69, 9.17) is 23.9 Å². The summed E-state index contributed by atoms with van der Waals surface area (Å²) in [5.41, 5.74) is -0.292. The molecule has 13 nitrogen and oxygen atoms in total. The lowest BCUT2D eigenvalue weighted by Crippen LogP contribution is -2.81. The normalized spacial score (nSPS) is 36.4. The number of esters is 3.